The number of hydrogen-bond acceptors (Lipinski definition) is 7. The maximum Gasteiger partial charge on any atom is 0.335 e. The number of hydrogen-bond donors (Lipinski definition) is 2. The largest absolute Gasteiger partial charge is 0.503 e. The number of phenolic OH excluding ortho intramolecular Hbond substituents is 1. The molecule has 0 radical (unpaired) electrons. The summed E-state index contributed by atoms with van der Waals surface area (Å²) in [6.45, 7) is 1.57. The van der Waals surface area contributed by atoms with Crippen LogP contribution in [0.4, 0.5) is 5.69 Å². The molecule has 2 aromatic rings. The van der Waals surface area contributed by atoms with E-state index < -0.39 is 41.5 Å². The molecule has 3 aliphatic carbocycles. The minimum Gasteiger partial charge on any atom is -0.503 e. The van der Waals surface area contributed by atoms with Gasteiger partial charge < -0.3 is 14.9 Å². The van der Waals surface area contributed by atoms with E-state index in [1.807, 2.05) is 6.08 Å². The molecule has 4 aliphatic rings. The fraction of sp³-hybridized carbons (Fsp3) is 0.258. The third-order valence-electron chi connectivity index (χ3n) is 8.52. The highest BCUT2D eigenvalue weighted by Crippen LogP contribution is 2.56. The van der Waals surface area contributed by atoms with Crippen molar-refractivity contribution in [3.05, 3.63) is 87.0 Å². The van der Waals surface area contributed by atoms with Gasteiger partial charge in [0.15, 0.2) is 23.1 Å². The number of Topliss-reactive ketones (excluding diaryl/α,β-unsaturated/α-hetero) is 1. The normalized spacial score (nSPS) is 25.4. The molecular weight excluding hydrogens is 550 g/mol. The Morgan fingerprint density at radius 3 is 2.54 bits per heavy atom. The van der Waals surface area contributed by atoms with Gasteiger partial charge in [-0.2, -0.15) is 0 Å². The quantitative estimate of drug-likeness (QED) is 0.312. The number of aromatic carboxylic acids is 1. The average Bonchev–Trinajstić information content (AvgIpc) is 3.21. The van der Waals surface area contributed by atoms with Gasteiger partial charge in [0.25, 0.3) is 0 Å². The van der Waals surface area contributed by atoms with Gasteiger partial charge in [0.2, 0.25) is 11.8 Å². The van der Waals surface area contributed by atoms with Gasteiger partial charge in [0.05, 0.1) is 35.2 Å². The summed E-state index contributed by atoms with van der Waals surface area (Å²) in [4.78, 5) is 67.0. The maximum absolute atomic E-state index is 14.0. The highest BCUT2D eigenvalue weighted by Gasteiger charge is 2.56. The van der Waals surface area contributed by atoms with Crippen molar-refractivity contribution < 1.29 is 38.9 Å². The van der Waals surface area contributed by atoms with Crippen LogP contribution in [0, 0.1) is 17.8 Å². The smallest absolute Gasteiger partial charge is 0.335 e. The summed E-state index contributed by atoms with van der Waals surface area (Å²) in [5.41, 5.74) is 2.19. The van der Waals surface area contributed by atoms with Gasteiger partial charge in [0, 0.05) is 22.6 Å². The van der Waals surface area contributed by atoms with E-state index in [9.17, 15) is 34.2 Å². The molecule has 1 heterocycles. The molecule has 0 spiro atoms. The molecule has 10 heteroatoms. The third kappa shape index (κ3) is 3.94. The molecule has 1 fully saturated rings. The predicted molar refractivity (Wildman–Crippen MR) is 147 cm³/mol. The van der Waals surface area contributed by atoms with Crippen molar-refractivity contribution >= 4 is 46.6 Å². The summed E-state index contributed by atoms with van der Waals surface area (Å²) in [5, 5.41) is 19.8. The number of carbonyl (C=O) groups is 5. The second-order valence-electron chi connectivity index (χ2n) is 10.6. The number of ketones is 2. The van der Waals surface area contributed by atoms with Gasteiger partial charge in [0.1, 0.15) is 0 Å². The van der Waals surface area contributed by atoms with E-state index in [0.29, 0.717) is 11.1 Å². The number of aromatic hydroxyl groups is 1. The maximum atomic E-state index is 14.0. The van der Waals surface area contributed by atoms with Crippen molar-refractivity contribution in [3.63, 3.8) is 0 Å². The van der Waals surface area contributed by atoms with Crippen LogP contribution < -0.4 is 9.64 Å². The first-order valence-electron chi connectivity index (χ1n) is 13.0. The lowest BCUT2D eigenvalue weighted by Crippen LogP contribution is -2.39. The number of rotatable bonds is 4. The highest BCUT2D eigenvalue weighted by molar-refractivity contribution is 6.32. The number of anilines is 1. The van der Waals surface area contributed by atoms with Crippen molar-refractivity contribution in [2.75, 3.05) is 12.0 Å². The second kappa shape index (κ2) is 9.55. The number of fused-ring (bicyclic) bond motifs is 3. The Morgan fingerprint density at radius 1 is 1.07 bits per heavy atom. The number of halogens is 1. The molecule has 0 bridgehead atoms. The predicted octanol–water partition coefficient (Wildman–Crippen LogP) is 4.39. The molecule has 0 aromatic heterocycles. The summed E-state index contributed by atoms with van der Waals surface area (Å²) in [5.74, 6) is -5.79. The molecule has 41 heavy (non-hydrogen) atoms. The minimum absolute atomic E-state index is 0.00387. The molecule has 2 amide bonds. The van der Waals surface area contributed by atoms with E-state index in [-0.39, 0.29) is 68.9 Å². The van der Waals surface area contributed by atoms with Crippen LogP contribution in [-0.4, -0.2) is 46.7 Å². The molecule has 1 aliphatic heterocycles. The van der Waals surface area contributed by atoms with Gasteiger partial charge in [-0.15, -0.1) is 0 Å². The SMILES string of the molecule is COc1cc(C2C3=CCC4C(=O)N(c5cccc(C(=O)O)c5)C(=O)C4C3CC3=C2C(=O)C=C(C)C3=O)cc(Cl)c1O. The Labute approximate surface area is 239 Å². The molecule has 4 atom stereocenters. The van der Waals surface area contributed by atoms with Crippen molar-refractivity contribution in [1.29, 1.82) is 0 Å². The Morgan fingerprint density at radius 2 is 1.83 bits per heavy atom. The first kappa shape index (κ1) is 26.7. The standard InChI is InChI=1S/C31H24ClNO8/c1-13-8-22(34)26-20(27(13)35)12-19-17(24(26)15-10-21(32)28(36)23(11-15)41-2)6-7-18-25(19)30(38)33(29(18)37)16-5-3-4-14(9-16)31(39)40/h3-6,8-11,18-19,24-25,36H,7,12H2,1-2H3,(H,39,40). The van der Waals surface area contributed by atoms with Gasteiger partial charge in [-0.25, -0.2) is 4.79 Å². The highest BCUT2D eigenvalue weighted by atomic mass is 35.5. The number of carbonyl (C=O) groups excluding carboxylic acids is 4. The monoisotopic (exact) mass is 573 g/mol. The molecule has 2 aromatic carbocycles. The van der Waals surface area contributed by atoms with Crippen LogP contribution >= 0.6 is 11.6 Å². The van der Waals surface area contributed by atoms with Gasteiger partial charge in [-0.05, 0) is 67.7 Å². The first-order chi connectivity index (χ1) is 19.5. The van der Waals surface area contributed by atoms with Crippen LogP contribution in [0.1, 0.15) is 41.6 Å². The zero-order valence-electron chi connectivity index (χ0n) is 22.0. The third-order valence-corrected chi connectivity index (χ3v) is 8.81. The summed E-state index contributed by atoms with van der Waals surface area (Å²) >= 11 is 6.33. The van der Waals surface area contributed by atoms with E-state index in [1.165, 1.54) is 43.5 Å². The van der Waals surface area contributed by atoms with Gasteiger partial charge in [-0.3, -0.25) is 24.1 Å². The van der Waals surface area contributed by atoms with Crippen molar-refractivity contribution in [2.24, 2.45) is 17.8 Å². The Kier molecular flexibility index (Phi) is 6.22. The fourth-order valence-corrected chi connectivity index (χ4v) is 6.93. The zero-order chi connectivity index (χ0) is 29.3. The summed E-state index contributed by atoms with van der Waals surface area (Å²) < 4.78 is 5.30. The molecule has 2 N–H and O–H groups in total. The fourth-order valence-electron chi connectivity index (χ4n) is 6.71. The molecule has 4 unspecified atom stereocenters. The number of carboxylic acids is 1. The van der Waals surface area contributed by atoms with Gasteiger partial charge in [-0.1, -0.05) is 29.3 Å². The van der Waals surface area contributed by atoms with Crippen LogP contribution in [0.2, 0.25) is 5.02 Å². The minimum atomic E-state index is -1.19. The van der Waals surface area contributed by atoms with Crippen LogP contribution in [-0.2, 0) is 19.2 Å². The van der Waals surface area contributed by atoms with E-state index in [4.69, 9.17) is 16.3 Å². The summed E-state index contributed by atoms with van der Waals surface area (Å²) in [7, 11) is 1.37. The van der Waals surface area contributed by atoms with Crippen LogP contribution in [0.3, 0.4) is 0 Å². The Balaban J connectivity index is 1.49. The van der Waals surface area contributed by atoms with Crippen molar-refractivity contribution in [2.45, 2.75) is 25.7 Å². The number of carboxylic acid groups (broad SMARTS) is 1. The zero-order valence-corrected chi connectivity index (χ0v) is 22.8. The molecule has 208 valence electrons. The second-order valence-corrected chi connectivity index (χ2v) is 11.1. The summed E-state index contributed by atoms with van der Waals surface area (Å²) in [6.07, 6.45) is 3.48. The van der Waals surface area contributed by atoms with Gasteiger partial charge >= 0.3 is 5.97 Å². The van der Waals surface area contributed by atoms with E-state index in [1.54, 1.807) is 13.0 Å². The number of ether oxygens (including phenoxy) is 1. The lowest BCUT2D eigenvalue weighted by atomic mass is 9.59. The Bertz CT molecular complexity index is 1700. The topological polar surface area (TPSA) is 138 Å². The number of amides is 2. The number of methoxy groups -OCH3 is 1. The molecule has 9 nitrogen and oxygen atoms in total. The molecule has 6 rings (SSSR count). The molecular formula is C31H24ClNO8. The lowest BCUT2D eigenvalue weighted by molar-refractivity contribution is -0.123. The average molecular weight is 574 g/mol. The number of benzene rings is 2. The lowest BCUT2D eigenvalue weighted by Gasteiger charge is -2.42. The number of nitrogens with zero attached hydrogens (tertiary/aromatic N) is 1. The van der Waals surface area contributed by atoms with E-state index in [2.05, 4.69) is 0 Å². The van der Waals surface area contributed by atoms with E-state index in [0.717, 1.165) is 4.90 Å². The van der Waals surface area contributed by atoms with Crippen molar-refractivity contribution in [1.82, 2.24) is 0 Å². The number of phenols is 1. The van der Waals surface area contributed by atoms with E-state index >= 15 is 0 Å². The Hall–Kier alpha value is -4.50. The number of allylic oxidation sites excluding steroid dienone is 6. The summed E-state index contributed by atoms with van der Waals surface area (Å²) in [6, 6.07) is 8.72. The molecule has 0 saturated carbocycles. The first-order valence-corrected chi connectivity index (χ1v) is 13.4. The molecule has 1 saturated heterocycles. The van der Waals surface area contributed by atoms with Crippen LogP contribution in [0.15, 0.2) is 70.8 Å². The van der Waals surface area contributed by atoms with Crippen LogP contribution in [0.25, 0.3) is 0 Å². The van der Waals surface area contributed by atoms with Crippen molar-refractivity contribution in [3.8, 4) is 11.5 Å². The van der Waals surface area contributed by atoms with Crippen LogP contribution in [0.5, 0.6) is 11.5 Å². The number of imide groups is 1.